The lowest BCUT2D eigenvalue weighted by Crippen LogP contribution is -2.03. The van der Waals surface area contributed by atoms with Gasteiger partial charge in [0.05, 0.1) is 12.1 Å². The molecule has 0 aliphatic carbocycles. The molecule has 0 saturated heterocycles. The summed E-state index contributed by atoms with van der Waals surface area (Å²) in [6.07, 6.45) is 2.93. The molecule has 4 rings (SSSR count). The van der Waals surface area contributed by atoms with Gasteiger partial charge in [0.25, 0.3) is 0 Å². The van der Waals surface area contributed by atoms with Gasteiger partial charge in [-0.15, -0.1) is 0 Å². The molecule has 2 heterocycles. The van der Waals surface area contributed by atoms with Crippen LogP contribution in [0, 0.1) is 0 Å². The van der Waals surface area contributed by atoms with Gasteiger partial charge in [-0.25, -0.2) is 4.98 Å². The number of aromatic nitrogens is 3. The first-order valence-corrected chi connectivity index (χ1v) is 9.33. The average Bonchev–Trinajstić information content (AvgIpc) is 3.07. The zero-order chi connectivity index (χ0) is 17.9. The van der Waals surface area contributed by atoms with E-state index in [1.54, 1.807) is 0 Å². The molecule has 0 radical (unpaired) electrons. The van der Waals surface area contributed by atoms with Crippen molar-refractivity contribution in [1.82, 2.24) is 14.8 Å². The Bertz CT molecular complexity index is 1050. The monoisotopic (exact) mass is 410 g/mol. The Morgan fingerprint density at radius 3 is 2.77 bits per heavy atom. The zero-order valence-electron chi connectivity index (χ0n) is 14.2. The summed E-state index contributed by atoms with van der Waals surface area (Å²) in [7, 11) is 0. The summed E-state index contributed by atoms with van der Waals surface area (Å²) in [5.41, 5.74) is 8.91. The first kappa shape index (κ1) is 17.0. The Hall–Kier alpha value is -2.44. The van der Waals surface area contributed by atoms with Gasteiger partial charge < -0.3 is 10.5 Å². The van der Waals surface area contributed by atoms with Crippen LogP contribution in [0.1, 0.15) is 12.0 Å². The number of hydrogen-bond donors (Lipinski definition) is 1. The maximum atomic E-state index is 6.10. The summed E-state index contributed by atoms with van der Waals surface area (Å²) < 4.78 is 8.65. The second-order valence-electron chi connectivity index (χ2n) is 6.20. The molecule has 2 aromatic heterocycles. The molecule has 0 bridgehead atoms. The molecule has 132 valence electrons. The Kier molecular flexibility index (Phi) is 4.86. The number of ether oxygens (including phenoxy) is 1. The molecule has 6 heteroatoms. The number of anilines is 1. The minimum Gasteiger partial charge on any atom is -0.382 e. The van der Waals surface area contributed by atoms with Gasteiger partial charge in [-0.3, -0.25) is 4.68 Å². The van der Waals surface area contributed by atoms with Crippen LogP contribution < -0.4 is 5.73 Å². The number of nitrogens with two attached hydrogens (primary N) is 1. The lowest BCUT2D eigenvalue weighted by atomic mass is 10.1. The lowest BCUT2D eigenvalue weighted by molar-refractivity contribution is 0.115. The normalized spacial score (nSPS) is 11.4. The van der Waals surface area contributed by atoms with Gasteiger partial charge in [0, 0.05) is 34.6 Å². The van der Waals surface area contributed by atoms with Gasteiger partial charge in [-0.1, -0.05) is 52.3 Å². The summed E-state index contributed by atoms with van der Waals surface area (Å²) in [4.78, 5) is 4.47. The van der Waals surface area contributed by atoms with Crippen molar-refractivity contribution in [2.45, 2.75) is 19.6 Å². The van der Waals surface area contributed by atoms with Crippen molar-refractivity contribution in [3.8, 4) is 0 Å². The van der Waals surface area contributed by atoms with Crippen LogP contribution in [0.5, 0.6) is 0 Å². The number of aryl methyl sites for hydroxylation is 1. The number of nitrogen functional groups attached to an aromatic ring is 1. The molecule has 4 aromatic rings. The third kappa shape index (κ3) is 3.57. The van der Waals surface area contributed by atoms with Gasteiger partial charge in [-0.2, -0.15) is 5.10 Å². The summed E-state index contributed by atoms with van der Waals surface area (Å²) in [6, 6.07) is 16.2. The highest BCUT2D eigenvalue weighted by molar-refractivity contribution is 9.10. The van der Waals surface area contributed by atoms with Crippen molar-refractivity contribution in [3.05, 3.63) is 64.8 Å². The third-order valence-corrected chi connectivity index (χ3v) is 4.78. The first-order valence-electron chi connectivity index (χ1n) is 8.54. The van der Waals surface area contributed by atoms with Crippen LogP contribution >= 0.6 is 15.9 Å². The average molecular weight is 411 g/mol. The van der Waals surface area contributed by atoms with Gasteiger partial charge in [0.2, 0.25) is 0 Å². The van der Waals surface area contributed by atoms with E-state index in [2.05, 4.69) is 38.1 Å². The van der Waals surface area contributed by atoms with Gasteiger partial charge in [-0.05, 0) is 24.1 Å². The van der Waals surface area contributed by atoms with Crippen molar-refractivity contribution in [2.75, 3.05) is 12.3 Å². The second kappa shape index (κ2) is 7.43. The molecule has 0 atom stereocenters. The third-order valence-electron chi connectivity index (χ3n) is 4.28. The molecule has 0 amide bonds. The minimum atomic E-state index is 0.463. The van der Waals surface area contributed by atoms with E-state index in [4.69, 9.17) is 10.5 Å². The van der Waals surface area contributed by atoms with E-state index in [1.165, 1.54) is 5.56 Å². The lowest BCUT2D eigenvalue weighted by Gasteiger charge is -2.04. The molecule has 2 aromatic carbocycles. The SMILES string of the molecule is Nc1nc2cc(Br)ccc2c2cn(CCCOCc3ccccc3)nc12. The number of nitrogens with zero attached hydrogens (tertiary/aromatic N) is 3. The van der Waals surface area contributed by atoms with E-state index < -0.39 is 0 Å². The molecule has 5 nitrogen and oxygen atoms in total. The van der Waals surface area contributed by atoms with Crippen LogP contribution in [0.3, 0.4) is 0 Å². The van der Waals surface area contributed by atoms with E-state index in [-0.39, 0.29) is 0 Å². The van der Waals surface area contributed by atoms with Crippen molar-refractivity contribution >= 4 is 43.6 Å². The van der Waals surface area contributed by atoms with Crippen molar-refractivity contribution in [2.24, 2.45) is 0 Å². The first-order chi connectivity index (χ1) is 12.7. The fraction of sp³-hybridized carbons (Fsp3) is 0.200. The van der Waals surface area contributed by atoms with Crippen LogP contribution in [0.25, 0.3) is 21.8 Å². The molecule has 26 heavy (non-hydrogen) atoms. The maximum absolute atomic E-state index is 6.10. The van der Waals surface area contributed by atoms with Gasteiger partial charge in [0.15, 0.2) is 5.82 Å². The van der Waals surface area contributed by atoms with Gasteiger partial charge >= 0.3 is 0 Å². The van der Waals surface area contributed by atoms with E-state index in [0.717, 1.165) is 39.2 Å². The molecule has 0 fully saturated rings. The largest absolute Gasteiger partial charge is 0.382 e. The number of halogens is 1. The van der Waals surface area contributed by atoms with Crippen molar-refractivity contribution in [3.63, 3.8) is 0 Å². The molecule has 2 N–H and O–H groups in total. The Balaban J connectivity index is 1.44. The van der Waals surface area contributed by atoms with Crippen LogP contribution in [-0.2, 0) is 17.9 Å². The quantitative estimate of drug-likeness (QED) is 0.474. The highest BCUT2D eigenvalue weighted by Gasteiger charge is 2.11. The Labute approximate surface area is 159 Å². The highest BCUT2D eigenvalue weighted by Crippen LogP contribution is 2.28. The van der Waals surface area contributed by atoms with Crippen LogP contribution in [0.2, 0.25) is 0 Å². The second-order valence-corrected chi connectivity index (χ2v) is 7.12. The van der Waals surface area contributed by atoms with E-state index in [1.807, 2.05) is 47.3 Å². The Morgan fingerprint density at radius 2 is 1.92 bits per heavy atom. The number of rotatable bonds is 6. The molecule has 0 spiro atoms. The van der Waals surface area contributed by atoms with Crippen LogP contribution in [0.4, 0.5) is 5.82 Å². The standard InChI is InChI=1S/C20H19BrN4O/c21-15-7-8-16-17-12-25(24-19(17)20(22)23-18(16)11-15)9-4-10-26-13-14-5-2-1-3-6-14/h1-3,5-8,11-12H,4,9-10,13H2,(H2,22,23). The number of benzene rings is 2. The summed E-state index contributed by atoms with van der Waals surface area (Å²) >= 11 is 3.48. The van der Waals surface area contributed by atoms with E-state index in [0.29, 0.717) is 19.0 Å². The molecule has 0 aliphatic heterocycles. The van der Waals surface area contributed by atoms with Gasteiger partial charge in [0.1, 0.15) is 5.52 Å². The smallest absolute Gasteiger partial charge is 0.152 e. The molecular formula is C20H19BrN4O. The maximum Gasteiger partial charge on any atom is 0.152 e. The molecule has 0 aliphatic rings. The van der Waals surface area contributed by atoms with Crippen LogP contribution in [0.15, 0.2) is 59.2 Å². The minimum absolute atomic E-state index is 0.463. The predicted octanol–water partition coefficient (Wildman–Crippen LogP) is 4.54. The number of pyridine rings is 1. The van der Waals surface area contributed by atoms with E-state index >= 15 is 0 Å². The predicted molar refractivity (Wildman–Crippen MR) is 108 cm³/mol. The fourth-order valence-corrected chi connectivity index (χ4v) is 3.37. The number of fused-ring (bicyclic) bond motifs is 3. The van der Waals surface area contributed by atoms with Crippen molar-refractivity contribution < 1.29 is 4.74 Å². The number of hydrogen-bond acceptors (Lipinski definition) is 4. The van der Waals surface area contributed by atoms with Crippen LogP contribution in [-0.4, -0.2) is 21.4 Å². The molecule has 0 saturated carbocycles. The molecular weight excluding hydrogens is 392 g/mol. The van der Waals surface area contributed by atoms with E-state index in [9.17, 15) is 0 Å². The zero-order valence-corrected chi connectivity index (χ0v) is 15.8. The Morgan fingerprint density at radius 1 is 1.08 bits per heavy atom. The summed E-state index contributed by atoms with van der Waals surface area (Å²) in [5.74, 6) is 0.463. The fourth-order valence-electron chi connectivity index (χ4n) is 3.02. The topological polar surface area (TPSA) is 66.0 Å². The van der Waals surface area contributed by atoms with Crippen molar-refractivity contribution in [1.29, 1.82) is 0 Å². The highest BCUT2D eigenvalue weighted by atomic mass is 79.9. The summed E-state index contributed by atoms with van der Waals surface area (Å²) in [5, 5.41) is 6.69. The summed E-state index contributed by atoms with van der Waals surface area (Å²) in [6.45, 7) is 2.10. The molecule has 0 unspecified atom stereocenters.